The molecule has 2 heterocycles. The minimum atomic E-state index is -0.285. The van der Waals surface area contributed by atoms with Crippen molar-refractivity contribution in [2.75, 3.05) is 26.7 Å². The van der Waals surface area contributed by atoms with E-state index in [1.54, 1.807) is 4.90 Å². The van der Waals surface area contributed by atoms with Gasteiger partial charge in [0.25, 0.3) is 0 Å². The molecule has 1 aliphatic heterocycles. The van der Waals surface area contributed by atoms with Crippen LogP contribution in [0.2, 0.25) is 0 Å². The molecule has 1 saturated heterocycles. The first-order valence-electron chi connectivity index (χ1n) is 9.82. The van der Waals surface area contributed by atoms with Gasteiger partial charge in [0.15, 0.2) is 0 Å². The molecule has 0 spiro atoms. The molecular weight excluding hydrogens is 450 g/mol. The maximum atomic E-state index is 13.1. The van der Waals surface area contributed by atoms with Crippen molar-refractivity contribution >= 4 is 54.5 Å². The van der Waals surface area contributed by atoms with Crippen LogP contribution in [0, 0.1) is 0 Å². The molecule has 4 rings (SSSR count). The van der Waals surface area contributed by atoms with Crippen molar-refractivity contribution in [2.24, 2.45) is 0 Å². The summed E-state index contributed by atoms with van der Waals surface area (Å²) in [7, 11) is 1.84. The number of fused-ring (bicyclic) bond motifs is 1. The highest BCUT2D eigenvalue weighted by molar-refractivity contribution is 7.59. The van der Waals surface area contributed by atoms with Crippen molar-refractivity contribution in [1.82, 2.24) is 14.8 Å². The van der Waals surface area contributed by atoms with E-state index in [1.165, 1.54) is 11.3 Å². The molecule has 2 N–H and O–H groups in total. The van der Waals surface area contributed by atoms with E-state index in [4.69, 9.17) is 0 Å². The second-order valence-electron chi connectivity index (χ2n) is 7.66. The number of aliphatic hydroxyl groups excluding tert-OH is 1. The predicted octanol–water partition coefficient (Wildman–Crippen LogP) is 2.62. The van der Waals surface area contributed by atoms with E-state index >= 15 is 0 Å². The highest BCUT2D eigenvalue weighted by Gasteiger charge is 2.28. The van der Waals surface area contributed by atoms with E-state index in [1.807, 2.05) is 55.6 Å². The lowest BCUT2D eigenvalue weighted by Gasteiger charge is -2.32. The first kappa shape index (κ1) is 25.5. The number of carbonyl (C=O) groups excluding carboxylic acids is 1. The standard InChI is InChI=1S/C22H25N3O3S.2H2S/c1-24(21(27)12-15-7-8-20-18(11-15)23-22(28)29-20)19(16-5-3-2-4-6-16)14-25-10-9-17(26)13-25;;/h2-8,11,17,19,26H,9-10,12-14H2,1H3,(H,23,28);2*1H2/t17-,19+;;/m0../s1. The van der Waals surface area contributed by atoms with Gasteiger partial charge in [-0.25, -0.2) is 0 Å². The number of thiazole rings is 1. The van der Waals surface area contributed by atoms with Crippen molar-refractivity contribution in [3.8, 4) is 0 Å². The Morgan fingerprint density at radius 2 is 2.00 bits per heavy atom. The highest BCUT2D eigenvalue weighted by Crippen LogP contribution is 2.24. The summed E-state index contributed by atoms with van der Waals surface area (Å²) in [6.45, 7) is 2.18. The number of H-pyrrole nitrogens is 1. The monoisotopic (exact) mass is 479 g/mol. The van der Waals surface area contributed by atoms with Crippen LogP contribution < -0.4 is 4.87 Å². The average molecular weight is 480 g/mol. The van der Waals surface area contributed by atoms with E-state index in [0.717, 1.165) is 34.3 Å². The van der Waals surface area contributed by atoms with Crippen LogP contribution in [0.1, 0.15) is 23.6 Å². The SMILES string of the molecule is CN(C(=O)Cc1ccc2sc(=O)[nH]c2c1)[C@H](CN1CC[C@H](O)C1)c1ccccc1.S.S. The molecule has 2 atom stereocenters. The number of aromatic amines is 1. The molecule has 1 amide bonds. The number of benzene rings is 2. The fourth-order valence-electron chi connectivity index (χ4n) is 3.93. The quantitative estimate of drug-likeness (QED) is 0.570. The number of carbonyl (C=O) groups is 1. The Hall–Kier alpha value is -1.78. The maximum Gasteiger partial charge on any atom is 0.305 e. The number of aromatic nitrogens is 1. The van der Waals surface area contributed by atoms with E-state index in [2.05, 4.69) is 9.88 Å². The molecule has 3 aromatic rings. The Labute approximate surface area is 199 Å². The lowest BCUT2D eigenvalue weighted by Crippen LogP contribution is -2.39. The molecule has 0 bridgehead atoms. The lowest BCUT2D eigenvalue weighted by molar-refractivity contribution is -0.131. The third kappa shape index (κ3) is 6.14. The number of nitrogens with zero attached hydrogens (tertiary/aromatic N) is 2. The topological polar surface area (TPSA) is 76.6 Å². The summed E-state index contributed by atoms with van der Waals surface area (Å²) >= 11 is 1.17. The maximum absolute atomic E-state index is 13.1. The fourth-order valence-corrected chi connectivity index (χ4v) is 4.65. The van der Waals surface area contributed by atoms with Crippen LogP contribution in [0.5, 0.6) is 0 Å². The molecule has 9 heteroatoms. The molecule has 1 aliphatic rings. The summed E-state index contributed by atoms with van der Waals surface area (Å²) in [4.78, 5) is 31.4. The van der Waals surface area contributed by atoms with Gasteiger partial charge in [-0.3, -0.25) is 14.5 Å². The Bertz CT molecular complexity index is 1050. The number of hydrogen-bond donors (Lipinski definition) is 2. The van der Waals surface area contributed by atoms with Crippen molar-refractivity contribution in [1.29, 1.82) is 0 Å². The van der Waals surface area contributed by atoms with E-state index in [-0.39, 0.29) is 56.3 Å². The minimum absolute atomic E-state index is 0. The van der Waals surface area contributed by atoms with Crippen LogP contribution in [0.4, 0.5) is 0 Å². The van der Waals surface area contributed by atoms with E-state index < -0.39 is 0 Å². The van der Waals surface area contributed by atoms with Crippen molar-refractivity contribution in [2.45, 2.75) is 25.0 Å². The van der Waals surface area contributed by atoms with Gasteiger partial charge in [0.05, 0.1) is 28.8 Å². The second kappa shape index (κ2) is 11.2. The van der Waals surface area contributed by atoms with Crippen molar-refractivity contribution < 1.29 is 9.90 Å². The predicted molar refractivity (Wildman–Crippen MR) is 136 cm³/mol. The largest absolute Gasteiger partial charge is 0.392 e. The van der Waals surface area contributed by atoms with Crippen LogP contribution in [0.3, 0.4) is 0 Å². The number of hydrogen-bond acceptors (Lipinski definition) is 5. The summed E-state index contributed by atoms with van der Waals surface area (Å²) in [6.07, 6.45) is 0.765. The van der Waals surface area contributed by atoms with Gasteiger partial charge in [-0.05, 0) is 29.7 Å². The summed E-state index contributed by atoms with van der Waals surface area (Å²) in [6, 6.07) is 15.6. The van der Waals surface area contributed by atoms with Crippen LogP contribution in [0.25, 0.3) is 10.2 Å². The van der Waals surface area contributed by atoms with Gasteiger partial charge < -0.3 is 15.0 Å². The number of aliphatic hydroxyl groups is 1. The summed E-state index contributed by atoms with van der Waals surface area (Å²) in [5.41, 5.74) is 2.74. The van der Waals surface area contributed by atoms with Crippen LogP contribution >= 0.6 is 38.3 Å². The Morgan fingerprint density at radius 1 is 1.26 bits per heavy atom. The van der Waals surface area contributed by atoms with Gasteiger partial charge in [-0.2, -0.15) is 27.0 Å². The average Bonchev–Trinajstić information content (AvgIpc) is 3.30. The first-order valence-corrected chi connectivity index (χ1v) is 10.6. The Kier molecular flexibility index (Phi) is 9.20. The smallest absolute Gasteiger partial charge is 0.305 e. The van der Waals surface area contributed by atoms with Gasteiger partial charge in [-0.1, -0.05) is 47.7 Å². The summed E-state index contributed by atoms with van der Waals surface area (Å²) < 4.78 is 0.898. The highest BCUT2D eigenvalue weighted by atomic mass is 32.1. The van der Waals surface area contributed by atoms with Crippen LogP contribution in [0.15, 0.2) is 53.3 Å². The number of likely N-dealkylation sites (tertiary alicyclic amines) is 1. The van der Waals surface area contributed by atoms with Crippen LogP contribution in [-0.4, -0.2) is 58.6 Å². The van der Waals surface area contributed by atoms with Crippen LogP contribution in [-0.2, 0) is 11.2 Å². The van der Waals surface area contributed by atoms with Crippen molar-refractivity contribution in [3.05, 3.63) is 69.3 Å². The third-order valence-electron chi connectivity index (χ3n) is 5.56. The molecule has 0 aliphatic carbocycles. The van der Waals surface area contributed by atoms with E-state index in [0.29, 0.717) is 13.1 Å². The number of likely N-dealkylation sites (N-methyl/N-ethyl adjacent to an activating group) is 1. The molecule has 1 aromatic heterocycles. The Morgan fingerprint density at radius 3 is 2.68 bits per heavy atom. The lowest BCUT2D eigenvalue weighted by atomic mass is 10.0. The molecule has 0 radical (unpaired) electrons. The normalized spacial score (nSPS) is 17.0. The van der Waals surface area contributed by atoms with Gasteiger partial charge in [0.1, 0.15) is 0 Å². The van der Waals surface area contributed by atoms with Crippen molar-refractivity contribution in [3.63, 3.8) is 0 Å². The van der Waals surface area contributed by atoms with Gasteiger partial charge in [-0.15, -0.1) is 0 Å². The van der Waals surface area contributed by atoms with E-state index in [9.17, 15) is 14.7 Å². The third-order valence-corrected chi connectivity index (χ3v) is 6.43. The second-order valence-corrected chi connectivity index (χ2v) is 8.67. The zero-order valence-corrected chi connectivity index (χ0v) is 20.2. The number of amides is 1. The number of nitrogens with one attached hydrogen (secondary N) is 1. The molecule has 2 aromatic carbocycles. The number of rotatable bonds is 6. The van der Waals surface area contributed by atoms with Gasteiger partial charge >= 0.3 is 4.87 Å². The molecule has 168 valence electrons. The summed E-state index contributed by atoms with van der Waals surface area (Å²) in [5, 5.41) is 9.87. The Balaban J connectivity index is 0.00000171. The van der Waals surface area contributed by atoms with Gasteiger partial charge in [0, 0.05) is 26.7 Å². The van der Waals surface area contributed by atoms with Gasteiger partial charge in [0.2, 0.25) is 5.91 Å². The minimum Gasteiger partial charge on any atom is -0.392 e. The molecule has 0 saturated carbocycles. The first-order chi connectivity index (χ1) is 14.0. The molecule has 0 unspecified atom stereocenters. The summed E-state index contributed by atoms with van der Waals surface area (Å²) in [5.74, 6) is 0.0236. The molecule has 6 nitrogen and oxygen atoms in total. The molecule has 1 fully saturated rings. The molecule has 31 heavy (non-hydrogen) atoms. The molecular formula is C22H29N3O3S3. The fraction of sp³-hybridized carbons (Fsp3) is 0.364. The zero-order chi connectivity index (χ0) is 20.4. The zero-order valence-electron chi connectivity index (χ0n) is 17.4. The number of β-amino-alcohol motifs (C(OH)–C–C–N with tert-alkyl or cyclic N) is 1.